The molecule has 2 aromatic carbocycles. The van der Waals surface area contributed by atoms with E-state index in [0.29, 0.717) is 6.42 Å². The van der Waals surface area contributed by atoms with Crippen LogP contribution in [0, 0.1) is 14.1 Å². The fourth-order valence-corrected chi connectivity index (χ4v) is 5.82. The zero-order valence-corrected chi connectivity index (χ0v) is 15.6. The van der Waals surface area contributed by atoms with Gasteiger partial charge in [-0.15, -0.1) is 0 Å². The van der Waals surface area contributed by atoms with Gasteiger partial charge < -0.3 is 0 Å². The first-order chi connectivity index (χ1) is 10.6. The van der Waals surface area contributed by atoms with Crippen LogP contribution in [0.2, 0.25) is 0 Å². The van der Waals surface area contributed by atoms with Crippen LogP contribution in [-0.2, 0) is 16.0 Å². The van der Waals surface area contributed by atoms with Crippen molar-refractivity contribution < 1.29 is 9.53 Å². The van der Waals surface area contributed by atoms with E-state index in [1.54, 1.807) is 0 Å². The number of hydrogen-bond acceptors (Lipinski definition) is 2. The van der Waals surface area contributed by atoms with E-state index in [0.717, 1.165) is 12.8 Å². The zero-order chi connectivity index (χ0) is 15.9. The Morgan fingerprint density at radius 2 is 1.55 bits per heavy atom. The van der Waals surface area contributed by atoms with Crippen LogP contribution >= 0.6 is 19.8 Å². The summed E-state index contributed by atoms with van der Waals surface area (Å²) >= 11 is -1.27. The molecule has 0 aliphatic heterocycles. The monoisotopic (exact) mass is 410 g/mol. The van der Waals surface area contributed by atoms with Crippen LogP contribution in [-0.4, -0.2) is 18.0 Å². The van der Waals surface area contributed by atoms with Crippen molar-refractivity contribution in [3.8, 4) is 0 Å². The predicted molar refractivity (Wildman–Crippen MR) is 99.9 cm³/mol. The molecule has 0 radical (unpaired) electrons. The molecular formula is C19H23IO2. The number of hydrogen-bond donors (Lipinski definition) is 0. The third-order valence-electron chi connectivity index (χ3n) is 3.65. The molecule has 0 bridgehead atoms. The van der Waals surface area contributed by atoms with Gasteiger partial charge in [0, 0.05) is 0 Å². The second-order valence-corrected chi connectivity index (χ2v) is 10.5. The fourth-order valence-electron chi connectivity index (χ4n) is 2.23. The van der Waals surface area contributed by atoms with Crippen molar-refractivity contribution >= 4 is 25.8 Å². The first-order valence-electron chi connectivity index (χ1n) is 7.42. The van der Waals surface area contributed by atoms with E-state index in [1.165, 1.54) is 25.4 Å². The molecular weight excluding hydrogens is 387 g/mol. The van der Waals surface area contributed by atoms with Gasteiger partial charge in [-0.25, -0.2) is 0 Å². The summed E-state index contributed by atoms with van der Waals surface area (Å²) in [6.45, 7) is 2.13. The average molecular weight is 410 g/mol. The van der Waals surface area contributed by atoms with E-state index in [4.69, 9.17) is 0 Å². The van der Waals surface area contributed by atoms with Crippen molar-refractivity contribution in [3.63, 3.8) is 0 Å². The Bertz CT molecular complexity index is 602. The molecule has 3 heteroatoms. The summed E-state index contributed by atoms with van der Waals surface area (Å²) in [4.78, 5) is 13.5. The minimum absolute atomic E-state index is 0.127. The van der Waals surface area contributed by atoms with E-state index < -0.39 is 19.8 Å². The third kappa shape index (κ3) is 4.83. The SMILES string of the molecule is COC(=O)CCCc1ccc(I(C)c2ccc(C)cc2)cc1. The number of alkyl halides is 1. The third-order valence-corrected chi connectivity index (χ3v) is 8.83. The van der Waals surface area contributed by atoms with Crippen molar-refractivity contribution in [2.75, 3.05) is 12.0 Å². The van der Waals surface area contributed by atoms with Crippen LogP contribution in [0.5, 0.6) is 0 Å². The van der Waals surface area contributed by atoms with E-state index >= 15 is 0 Å². The number of ether oxygens (including phenoxy) is 1. The molecule has 2 rings (SSSR count). The summed E-state index contributed by atoms with van der Waals surface area (Å²) in [5, 5.41) is 0. The molecule has 2 aromatic rings. The normalized spacial score (nSPS) is 11.1. The van der Waals surface area contributed by atoms with Crippen molar-refractivity contribution in [1.29, 1.82) is 0 Å². The molecule has 0 atom stereocenters. The molecule has 0 heterocycles. The Labute approximate surface area is 140 Å². The molecule has 0 aromatic heterocycles. The summed E-state index contributed by atoms with van der Waals surface area (Å²) in [5.74, 6) is -0.127. The second kappa shape index (κ2) is 8.32. The molecule has 0 aliphatic carbocycles. The van der Waals surface area contributed by atoms with Gasteiger partial charge in [0.05, 0.1) is 0 Å². The zero-order valence-electron chi connectivity index (χ0n) is 13.4. The Hall–Kier alpha value is -1.36. The van der Waals surface area contributed by atoms with Gasteiger partial charge in [-0.3, -0.25) is 0 Å². The topological polar surface area (TPSA) is 26.3 Å². The van der Waals surface area contributed by atoms with Crippen LogP contribution in [0.3, 0.4) is 0 Å². The molecule has 0 amide bonds. The number of benzene rings is 2. The fraction of sp³-hybridized carbons (Fsp3) is 0.316. The standard InChI is InChI=1S/C19H23IO2/c1-15-7-11-17(12-8-15)20(2)18-13-9-16(10-14-18)5-4-6-19(21)22-3/h7-14H,4-6H2,1-3H3. The molecule has 0 saturated carbocycles. The first kappa shape index (κ1) is 17.0. The summed E-state index contributed by atoms with van der Waals surface area (Å²) in [6, 6.07) is 17.9. The van der Waals surface area contributed by atoms with Gasteiger partial charge in [-0.05, 0) is 0 Å². The van der Waals surface area contributed by atoms with Gasteiger partial charge in [0.25, 0.3) is 0 Å². The van der Waals surface area contributed by atoms with Crippen molar-refractivity contribution in [1.82, 2.24) is 0 Å². The van der Waals surface area contributed by atoms with Gasteiger partial charge in [0.15, 0.2) is 0 Å². The first-order valence-corrected chi connectivity index (χ1v) is 11.7. The van der Waals surface area contributed by atoms with Gasteiger partial charge >= 0.3 is 140 Å². The predicted octanol–water partition coefficient (Wildman–Crippen LogP) is 4.67. The number of aryl methyl sites for hydroxylation is 2. The number of carbonyl (C=O) groups excluding carboxylic acids is 1. The summed E-state index contributed by atoms with van der Waals surface area (Å²) in [7, 11) is 1.44. The maximum absolute atomic E-state index is 11.1. The van der Waals surface area contributed by atoms with Crippen LogP contribution in [0.4, 0.5) is 0 Å². The Morgan fingerprint density at radius 1 is 1.00 bits per heavy atom. The number of methoxy groups -OCH3 is 1. The van der Waals surface area contributed by atoms with Gasteiger partial charge in [-0.2, -0.15) is 0 Å². The van der Waals surface area contributed by atoms with Crippen molar-refractivity contribution in [3.05, 3.63) is 66.8 Å². The van der Waals surface area contributed by atoms with E-state index in [2.05, 4.69) is 65.1 Å². The molecule has 0 fully saturated rings. The number of rotatable bonds is 6. The molecule has 0 N–H and O–H groups in total. The van der Waals surface area contributed by atoms with Gasteiger partial charge in [0.1, 0.15) is 0 Å². The van der Waals surface area contributed by atoms with Crippen molar-refractivity contribution in [2.24, 2.45) is 0 Å². The molecule has 2 nitrogen and oxygen atoms in total. The summed E-state index contributed by atoms with van der Waals surface area (Å²) in [6.07, 6.45) is 2.27. The molecule has 0 unspecified atom stereocenters. The summed E-state index contributed by atoms with van der Waals surface area (Å²) in [5.41, 5.74) is 2.61. The van der Waals surface area contributed by atoms with E-state index in [1.807, 2.05) is 0 Å². The Balaban J connectivity index is 1.96. The van der Waals surface area contributed by atoms with Crippen LogP contribution in [0.15, 0.2) is 48.5 Å². The number of esters is 1. The quantitative estimate of drug-likeness (QED) is 0.393. The van der Waals surface area contributed by atoms with Crippen LogP contribution in [0.25, 0.3) is 0 Å². The van der Waals surface area contributed by atoms with Gasteiger partial charge in [-0.1, -0.05) is 0 Å². The number of halogens is 1. The van der Waals surface area contributed by atoms with Crippen LogP contribution in [0.1, 0.15) is 24.0 Å². The molecule has 22 heavy (non-hydrogen) atoms. The Kier molecular flexibility index (Phi) is 6.43. The van der Waals surface area contributed by atoms with Gasteiger partial charge in [0.2, 0.25) is 0 Å². The molecule has 0 saturated heterocycles. The molecule has 118 valence electrons. The molecule has 0 spiro atoms. The number of carbonyl (C=O) groups is 1. The average Bonchev–Trinajstić information content (AvgIpc) is 2.55. The second-order valence-electron chi connectivity index (χ2n) is 5.32. The van der Waals surface area contributed by atoms with Crippen molar-refractivity contribution in [2.45, 2.75) is 26.2 Å². The molecule has 0 aliphatic rings. The van der Waals surface area contributed by atoms with Crippen LogP contribution < -0.4 is 0 Å². The van der Waals surface area contributed by atoms with E-state index in [-0.39, 0.29) is 5.97 Å². The summed E-state index contributed by atoms with van der Waals surface area (Å²) < 4.78 is 7.63. The maximum atomic E-state index is 11.1. The Morgan fingerprint density at radius 3 is 2.09 bits per heavy atom. The van der Waals surface area contributed by atoms with E-state index in [9.17, 15) is 4.79 Å². The minimum atomic E-state index is -1.27.